The molecule has 0 saturated heterocycles. The Hall–Kier alpha value is -6.84. The molecule has 238 valence electrons. The molecule has 51 heavy (non-hydrogen) atoms. The molecular weight excluding hydrogens is 621 g/mol. The molecule has 0 amide bonds. The molecule has 2 aromatic heterocycles. The number of rotatable bonds is 4. The van der Waals surface area contributed by atoms with Crippen LogP contribution in [0.3, 0.4) is 0 Å². The van der Waals surface area contributed by atoms with Gasteiger partial charge >= 0.3 is 0 Å². The molecule has 1 aliphatic rings. The van der Waals surface area contributed by atoms with Gasteiger partial charge in [-0.3, -0.25) is 0 Å². The van der Waals surface area contributed by atoms with Crippen molar-refractivity contribution in [2.75, 3.05) is 0 Å². The summed E-state index contributed by atoms with van der Waals surface area (Å²) in [5.41, 5.74) is 14.0. The zero-order valence-electron chi connectivity index (χ0n) is 27.6. The number of para-hydroxylation sites is 3. The summed E-state index contributed by atoms with van der Waals surface area (Å²) in [6, 6.07) is 65.4. The Balaban J connectivity index is 1.09. The van der Waals surface area contributed by atoms with Crippen LogP contribution in [0, 0.1) is 0 Å². The molecule has 11 rings (SSSR count). The SMILES string of the molecule is c1ccc(-c2ccc3c(c2)c2cc(-c4ccccc4)ccc2n3-c2ccc(-c3cccc4c3-n3c5ccccc5c5cccc(c53)O4)cc2)cc1. The lowest BCUT2D eigenvalue weighted by Crippen LogP contribution is -2.06. The van der Waals surface area contributed by atoms with Gasteiger partial charge in [-0.15, -0.1) is 0 Å². The molecule has 3 heteroatoms. The minimum absolute atomic E-state index is 0.865. The van der Waals surface area contributed by atoms with Crippen molar-refractivity contribution in [1.29, 1.82) is 0 Å². The molecule has 1 aliphatic heterocycles. The van der Waals surface area contributed by atoms with E-state index in [0.29, 0.717) is 0 Å². The van der Waals surface area contributed by atoms with Gasteiger partial charge in [0.2, 0.25) is 0 Å². The van der Waals surface area contributed by atoms with Crippen LogP contribution in [0.2, 0.25) is 0 Å². The average Bonchev–Trinajstić information content (AvgIpc) is 3.72. The summed E-state index contributed by atoms with van der Waals surface area (Å²) in [7, 11) is 0. The number of ether oxygens (including phenoxy) is 1. The lowest BCUT2D eigenvalue weighted by molar-refractivity contribution is 0.477. The Morgan fingerprint density at radius 1 is 0.333 bits per heavy atom. The zero-order chi connectivity index (χ0) is 33.5. The number of hydrogen-bond acceptors (Lipinski definition) is 1. The Kier molecular flexibility index (Phi) is 5.96. The minimum Gasteiger partial charge on any atom is -0.453 e. The van der Waals surface area contributed by atoms with Gasteiger partial charge in [0, 0.05) is 32.8 Å². The minimum atomic E-state index is 0.865. The van der Waals surface area contributed by atoms with Gasteiger partial charge in [0.25, 0.3) is 0 Å². The first-order valence-corrected chi connectivity index (χ1v) is 17.4. The van der Waals surface area contributed by atoms with Crippen molar-refractivity contribution in [2.24, 2.45) is 0 Å². The summed E-state index contributed by atoms with van der Waals surface area (Å²) in [4.78, 5) is 0. The van der Waals surface area contributed by atoms with E-state index >= 15 is 0 Å². The van der Waals surface area contributed by atoms with E-state index < -0.39 is 0 Å². The maximum atomic E-state index is 6.58. The number of nitrogens with zero attached hydrogens (tertiary/aromatic N) is 2. The third-order valence-electron chi connectivity index (χ3n) is 10.5. The molecule has 3 heterocycles. The number of fused-ring (bicyclic) bond motifs is 8. The smallest absolute Gasteiger partial charge is 0.152 e. The topological polar surface area (TPSA) is 19.1 Å². The normalized spacial score (nSPS) is 12.1. The largest absolute Gasteiger partial charge is 0.453 e. The van der Waals surface area contributed by atoms with E-state index in [0.717, 1.165) is 39.5 Å². The number of aromatic nitrogens is 2. The van der Waals surface area contributed by atoms with Crippen molar-refractivity contribution in [1.82, 2.24) is 9.13 Å². The zero-order valence-corrected chi connectivity index (χ0v) is 27.6. The lowest BCUT2D eigenvalue weighted by atomic mass is 10.0. The summed E-state index contributed by atoms with van der Waals surface area (Å²) in [5.74, 6) is 1.75. The number of hydrogen-bond donors (Lipinski definition) is 0. The van der Waals surface area contributed by atoms with Gasteiger partial charge in [-0.25, -0.2) is 0 Å². The Bertz CT molecular complexity index is 2870. The van der Waals surface area contributed by atoms with E-state index in [-0.39, 0.29) is 0 Å². The number of benzene rings is 8. The van der Waals surface area contributed by atoms with Crippen molar-refractivity contribution >= 4 is 43.6 Å². The highest BCUT2D eigenvalue weighted by atomic mass is 16.5. The summed E-state index contributed by atoms with van der Waals surface area (Å²) >= 11 is 0. The van der Waals surface area contributed by atoms with E-state index in [4.69, 9.17) is 4.74 Å². The molecule has 0 N–H and O–H groups in total. The van der Waals surface area contributed by atoms with Crippen LogP contribution in [0.4, 0.5) is 0 Å². The van der Waals surface area contributed by atoms with E-state index in [2.05, 4.69) is 191 Å². The summed E-state index contributed by atoms with van der Waals surface area (Å²) in [6.45, 7) is 0. The van der Waals surface area contributed by atoms with Crippen molar-refractivity contribution in [3.05, 3.63) is 182 Å². The molecule has 0 spiro atoms. The molecular formula is C48H30N2O. The second kappa shape index (κ2) is 10.8. The summed E-state index contributed by atoms with van der Waals surface area (Å²) in [5, 5.41) is 4.92. The molecule has 0 unspecified atom stereocenters. The van der Waals surface area contributed by atoms with Gasteiger partial charge in [0.1, 0.15) is 0 Å². The molecule has 8 aromatic carbocycles. The van der Waals surface area contributed by atoms with E-state index in [1.165, 1.54) is 60.3 Å². The van der Waals surface area contributed by atoms with Gasteiger partial charge in [-0.1, -0.05) is 127 Å². The highest BCUT2D eigenvalue weighted by Gasteiger charge is 2.26. The monoisotopic (exact) mass is 650 g/mol. The van der Waals surface area contributed by atoms with Crippen LogP contribution in [0.25, 0.3) is 88.4 Å². The second-order valence-corrected chi connectivity index (χ2v) is 13.3. The van der Waals surface area contributed by atoms with Gasteiger partial charge in [0.05, 0.1) is 27.8 Å². The fourth-order valence-electron chi connectivity index (χ4n) is 8.20. The van der Waals surface area contributed by atoms with Crippen molar-refractivity contribution in [2.45, 2.75) is 0 Å². The fraction of sp³-hybridized carbons (Fsp3) is 0. The lowest BCUT2D eigenvalue weighted by Gasteiger charge is -2.23. The first-order chi connectivity index (χ1) is 25.3. The van der Waals surface area contributed by atoms with Crippen LogP contribution in [0.1, 0.15) is 0 Å². The average molecular weight is 651 g/mol. The predicted octanol–water partition coefficient (Wildman–Crippen LogP) is 13.0. The first-order valence-electron chi connectivity index (χ1n) is 17.4. The van der Waals surface area contributed by atoms with Crippen molar-refractivity contribution in [3.63, 3.8) is 0 Å². The van der Waals surface area contributed by atoms with Crippen LogP contribution < -0.4 is 4.74 Å². The standard InChI is InChI=1S/C48H30N2O/c1-3-11-31(12-4-1)34-23-27-43-40(29-34)41-30-35(32-13-5-2-6-14-32)24-28-44(41)49(43)36-25-21-33(22-26-36)37-16-9-19-45-47(37)50-42-18-8-7-15-38(42)39-17-10-20-46(51-45)48(39)50/h1-30H. The Morgan fingerprint density at radius 3 is 1.57 bits per heavy atom. The maximum Gasteiger partial charge on any atom is 0.152 e. The van der Waals surface area contributed by atoms with Gasteiger partial charge in [-0.2, -0.15) is 0 Å². The van der Waals surface area contributed by atoms with E-state index in [9.17, 15) is 0 Å². The molecule has 0 atom stereocenters. The van der Waals surface area contributed by atoms with E-state index in [1.807, 2.05) is 0 Å². The van der Waals surface area contributed by atoms with Crippen LogP contribution in [0.5, 0.6) is 11.5 Å². The maximum absolute atomic E-state index is 6.58. The van der Waals surface area contributed by atoms with E-state index in [1.54, 1.807) is 0 Å². The molecule has 3 nitrogen and oxygen atoms in total. The highest BCUT2D eigenvalue weighted by Crippen LogP contribution is 2.48. The van der Waals surface area contributed by atoms with Crippen LogP contribution in [-0.2, 0) is 0 Å². The molecule has 0 saturated carbocycles. The Morgan fingerprint density at radius 2 is 0.882 bits per heavy atom. The van der Waals surface area contributed by atoms with Crippen LogP contribution >= 0.6 is 0 Å². The fourth-order valence-corrected chi connectivity index (χ4v) is 8.20. The molecule has 0 radical (unpaired) electrons. The molecule has 0 fully saturated rings. The first kappa shape index (κ1) is 28.0. The predicted molar refractivity (Wildman–Crippen MR) is 212 cm³/mol. The van der Waals surface area contributed by atoms with Crippen molar-refractivity contribution in [3.8, 4) is 56.3 Å². The van der Waals surface area contributed by atoms with Crippen LogP contribution in [-0.4, -0.2) is 9.13 Å². The van der Waals surface area contributed by atoms with Gasteiger partial charge in [-0.05, 0) is 82.4 Å². The molecule has 0 bridgehead atoms. The summed E-state index contributed by atoms with van der Waals surface area (Å²) in [6.07, 6.45) is 0. The van der Waals surface area contributed by atoms with Gasteiger partial charge < -0.3 is 13.9 Å². The molecule has 0 aliphatic carbocycles. The van der Waals surface area contributed by atoms with Crippen molar-refractivity contribution < 1.29 is 4.74 Å². The second-order valence-electron chi connectivity index (χ2n) is 13.3. The van der Waals surface area contributed by atoms with Crippen LogP contribution in [0.15, 0.2) is 182 Å². The summed E-state index contributed by atoms with van der Waals surface area (Å²) < 4.78 is 11.4. The van der Waals surface area contributed by atoms with Gasteiger partial charge in [0.15, 0.2) is 11.5 Å². The quantitative estimate of drug-likeness (QED) is 0.185. The third-order valence-corrected chi connectivity index (χ3v) is 10.5. The molecule has 10 aromatic rings. The highest BCUT2D eigenvalue weighted by molar-refractivity contribution is 6.13. The Labute approximate surface area is 294 Å². The third kappa shape index (κ3) is 4.19.